The van der Waals surface area contributed by atoms with Crippen LogP contribution in [0.3, 0.4) is 0 Å². The van der Waals surface area contributed by atoms with E-state index in [9.17, 15) is 4.79 Å². The van der Waals surface area contributed by atoms with E-state index < -0.39 is 0 Å². The molecule has 2 nitrogen and oxygen atoms in total. The largest absolute Gasteiger partial charge is 0.423 e. The predicted octanol–water partition coefficient (Wildman–Crippen LogP) is 3.77. The van der Waals surface area contributed by atoms with Gasteiger partial charge >= 0.3 is 5.63 Å². The summed E-state index contributed by atoms with van der Waals surface area (Å²) < 4.78 is 5.21. The third-order valence-corrected chi connectivity index (χ3v) is 3.09. The molecule has 0 radical (unpaired) electrons. The maximum Gasteiger partial charge on any atom is 0.336 e. The van der Waals surface area contributed by atoms with Gasteiger partial charge in [-0.1, -0.05) is 42.5 Å². The summed E-state index contributed by atoms with van der Waals surface area (Å²) in [4.78, 5) is 11.6. The van der Waals surface area contributed by atoms with Crippen molar-refractivity contribution in [1.29, 1.82) is 0 Å². The number of hydrogen-bond donors (Lipinski definition) is 0. The van der Waals surface area contributed by atoms with Crippen molar-refractivity contribution in [3.63, 3.8) is 0 Å². The molecule has 1 heterocycles. The average Bonchev–Trinajstić information content (AvgIpc) is 2.38. The van der Waals surface area contributed by atoms with Crippen molar-refractivity contribution < 1.29 is 4.42 Å². The Kier molecular flexibility index (Phi) is 2.49. The van der Waals surface area contributed by atoms with Crippen molar-refractivity contribution in [1.82, 2.24) is 0 Å². The maximum absolute atomic E-state index is 11.6. The molecular formula is C16H12O2. The van der Waals surface area contributed by atoms with E-state index in [-0.39, 0.29) is 5.63 Å². The topological polar surface area (TPSA) is 30.2 Å². The third kappa shape index (κ3) is 1.72. The predicted molar refractivity (Wildman–Crippen MR) is 72.7 cm³/mol. The first-order chi connectivity index (χ1) is 8.75. The van der Waals surface area contributed by atoms with Gasteiger partial charge in [-0.15, -0.1) is 0 Å². The van der Waals surface area contributed by atoms with Gasteiger partial charge in [0, 0.05) is 17.0 Å². The molecule has 0 unspecified atom stereocenters. The highest BCUT2D eigenvalue weighted by Gasteiger charge is 2.08. The van der Waals surface area contributed by atoms with E-state index in [4.69, 9.17) is 4.42 Å². The van der Waals surface area contributed by atoms with Crippen molar-refractivity contribution in [2.24, 2.45) is 0 Å². The quantitative estimate of drug-likeness (QED) is 0.602. The van der Waals surface area contributed by atoms with Gasteiger partial charge in [-0.2, -0.15) is 0 Å². The van der Waals surface area contributed by atoms with Crippen molar-refractivity contribution in [3.8, 4) is 11.1 Å². The fourth-order valence-corrected chi connectivity index (χ4v) is 2.21. The van der Waals surface area contributed by atoms with Crippen LogP contribution in [0.15, 0.2) is 63.8 Å². The summed E-state index contributed by atoms with van der Waals surface area (Å²) >= 11 is 0. The zero-order chi connectivity index (χ0) is 12.5. The van der Waals surface area contributed by atoms with Gasteiger partial charge in [-0.3, -0.25) is 0 Å². The normalized spacial score (nSPS) is 10.7. The zero-order valence-corrected chi connectivity index (χ0v) is 10.0. The summed E-state index contributed by atoms with van der Waals surface area (Å²) in [5.74, 6) is 0. The number of rotatable bonds is 1. The molecule has 0 amide bonds. The molecule has 0 spiro atoms. The lowest BCUT2D eigenvalue weighted by Gasteiger charge is -2.08. The van der Waals surface area contributed by atoms with Crippen LogP contribution in [-0.4, -0.2) is 0 Å². The standard InChI is InChI=1S/C16H12O2/c1-11-6-2-3-7-12(11)14-10-16(17)18-15-9-5-4-8-13(14)15/h2-10H,1H3. The van der Waals surface area contributed by atoms with E-state index in [1.165, 1.54) is 0 Å². The second-order valence-electron chi connectivity index (χ2n) is 4.29. The lowest BCUT2D eigenvalue weighted by atomic mass is 9.98. The molecule has 2 aromatic carbocycles. The molecule has 0 saturated heterocycles. The number of aryl methyl sites for hydroxylation is 1. The summed E-state index contributed by atoms with van der Waals surface area (Å²) in [5.41, 5.74) is 3.46. The summed E-state index contributed by atoms with van der Waals surface area (Å²) in [5, 5.41) is 0.964. The Morgan fingerprint density at radius 1 is 0.889 bits per heavy atom. The lowest BCUT2D eigenvalue weighted by Crippen LogP contribution is -1.98. The van der Waals surface area contributed by atoms with Crippen LogP contribution in [0.2, 0.25) is 0 Å². The second-order valence-corrected chi connectivity index (χ2v) is 4.29. The van der Waals surface area contributed by atoms with Gasteiger partial charge in [0.05, 0.1) is 0 Å². The van der Waals surface area contributed by atoms with Crippen molar-refractivity contribution >= 4 is 11.0 Å². The summed E-state index contributed by atoms with van der Waals surface area (Å²) in [6.45, 7) is 2.04. The molecule has 88 valence electrons. The van der Waals surface area contributed by atoms with Crippen LogP contribution in [0.1, 0.15) is 5.56 Å². The first kappa shape index (κ1) is 10.8. The number of para-hydroxylation sites is 1. The second kappa shape index (κ2) is 4.15. The molecule has 0 aliphatic carbocycles. The summed E-state index contributed by atoms with van der Waals surface area (Å²) in [7, 11) is 0. The highest BCUT2D eigenvalue weighted by Crippen LogP contribution is 2.29. The van der Waals surface area contributed by atoms with E-state index in [1.807, 2.05) is 55.5 Å². The van der Waals surface area contributed by atoms with E-state index >= 15 is 0 Å². The first-order valence-electron chi connectivity index (χ1n) is 5.84. The van der Waals surface area contributed by atoms with Crippen LogP contribution >= 0.6 is 0 Å². The maximum atomic E-state index is 11.6. The van der Waals surface area contributed by atoms with Crippen LogP contribution in [0.5, 0.6) is 0 Å². The minimum atomic E-state index is -0.313. The van der Waals surface area contributed by atoms with E-state index in [0.717, 1.165) is 22.1 Å². The lowest BCUT2D eigenvalue weighted by molar-refractivity contribution is 0.561. The van der Waals surface area contributed by atoms with Crippen LogP contribution < -0.4 is 5.63 Å². The van der Waals surface area contributed by atoms with Gasteiger partial charge in [0.25, 0.3) is 0 Å². The van der Waals surface area contributed by atoms with E-state index in [1.54, 1.807) is 6.07 Å². The fraction of sp³-hybridized carbons (Fsp3) is 0.0625. The molecule has 3 aromatic rings. The molecule has 0 N–H and O–H groups in total. The third-order valence-electron chi connectivity index (χ3n) is 3.09. The Morgan fingerprint density at radius 2 is 1.61 bits per heavy atom. The van der Waals surface area contributed by atoms with Crippen molar-refractivity contribution in [3.05, 3.63) is 70.6 Å². The fourth-order valence-electron chi connectivity index (χ4n) is 2.21. The summed E-state index contributed by atoms with van der Waals surface area (Å²) in [6, 6.07) is 17.2. The Morgan fingerprint density at radius 3 is 2.44 bits per heavy atom. The number of benzene rings is 2. The molecule has 1 aromatic heterocycles. The SMILES string of the molecule is Cc1ccccc1-c1cc(=O)oc2ccccc12. The van der Waals surface area contributed by atoms with Gasteiger partial charge in [0.2, 0.25) is 0 Å². The zero-order valence-electron chi connectivity index (χ0n) is 10.0. The van der Waals surface area contributed by atoms with Crippen molar-refractivity contribution in [2.75, 3.05) is 0 Å². The molecule has 0 aliphatic rings. The van der Waals surface area contributed by atoms with Gasteiger partial charge < -0.3 is 4.42 Å². The molecule has 0 saturated carbocycles. The number of fused-ring (bicyclic) bond motifs is 1. The van der Waals surface area contributed by atoms with Crippen molar-refractivity contribution in [2.45, 2.75) is 6.92 Å². The minimum absolute atomic E-state index is 0.313. The molecular weight excluding hydrogens is 224 g/mol. The van der Waals surface area contributed by atoms with Gasteiger partial charge in [-0.25, -0.2) is 4.79 Å². The monoisotopic (exact) mass is 236 g/mol. The van der Waals surface area contributed by atoms with Crippen LogP contribution in [0.25, 0.3) is 22.1 Å². The van der Waals surface area contributed by atoms with E-state index in [2.05, 4.69) is 0 Å². The smallest absolute Gasteiger partial charge is 0.336 e. The molecule has 3 rings (SSSR count). The molecule has 0 aliphatic heterocycles. The Labute approximate surface area is 105 Å². The highest BCUT2D eigenvalue weighted by molar-refractivity contribution is 5.93. The van der Waals surface area contributed by atoms with Gasteiger partial charge in [-0.05, 0) is 24.1 Å². The highest BCUT2D eigenvalue weighted by atomic mass is 16.4. The van der Waals surface area contributed by atoms with E-state index in [0.29, 0.717) is 5.58 Å². The Balaban J connectivity index is 2.42. The first-order valence-corrected chi connectivity index (χ1v) is 5.84. The molecule has 18 heavy (non-hydrogen) atoms. The Hall–Kier alpha value is -2.35. The van der Waals surface area contributed by atoms with Crippen LogP contribution in [0, 0.1) is 6.92 Å². The average molecular weight is 236 g/mol. The van der Waals surface area contributed by atoms with Gasteiger partial charge in [0.1, 0.15) is 5.58 Å². The Bertz CT molecular complexity index is 769. The number of hydrogen-bond acceptors (Lipinski definition) is 2. The molecule has 0 bridgehead atoms. The molecule has 0 atom stereocenters. The van der Waals surface area contributed by atoms with Gasteiger partial charge in [0.15, 0.2) is 0 Å². The van der Waals surface area contributed by atoms with Crippen LogP contribution in [0.4, 0.5) is 0 Å². The minimum Gasteiger partial charge on any atom is -0.423 e. The summed E-state index contributed by atoms with van der Waals surface area (Å²) in [6.07, 6.45) is 0. The molecule has 2 heteroatoms. The van der Waals surface area contributed by atoms with Crippen LogP contribution in [-0.2, 0) is 0 Å². The molecule has 0 fully saturated rings.